The number of hydrogen-bond acceptors (Lipinski definition) is 5. The number of anilines is 1. The zero-order valence-corrected chi connectivity index (χ0v) is 15.7. The molecule has 0 bridgehead atoms. The summed E-state index contributed by atoms with van der Waals surface area (Å²) in [5, 5.41) is 6.13. The van der Waals surface area contributed by atoms with Crippen molar-refractivity contribution in [3.05, 3.63) is 47.5 Å². The molecular weight excluding hydrogens is 332 g/mol. The molecule has 2 aromatic carbocycles. The van der Waals surface area contributed by atoms with Crippen LogP contribution < -0.4 is 24.8 Å². The van der Waals surface area contributed by atoms with Crippen LogP contribution in [0.25, 0.3) is 0 Å². The molecule has 6 heteroatoms. The maximum absolute atomic E-state index is 12.2. The number of hydrogen-bond donors (Lipinski definition) is 2. The average Bonchev–Trinajstić information content (AvgIpc) is 2.64. The van der Waals surface area contributed by atoms with Crippen LogP contribution in [-0.4, -0.2) is 33.8 Å². The van der Waals surface area contributed by atoms with Gasteiger partial charge in [0.25, 0.3) is 0 Å². The van der Waals surface area contributed by atoms with E-state index in [1.54, 1.807) is 19.2 Å². The van der Waals surface area contributed by atoms with Gasteiger partial charge in [-0.1, -0.05) is 29.8 Å². The molecule has 2 aromatic rings. The molecular formula is C20H26N2O4. The summed E-state index contributed by atoms with van der Waals surface area (Å²) in [5.41, 5.74) is 3.03. The highest BCUT2D eigenvalue weighted by Crippen LogP contribution is 2.39. The Morgan fingerprint density at radius 2 is 1.69 bits per heavy atom. The molecule has 140 valence electrons. The lowest BCUT2D eigenvalue weighted by Crippen LogP contribution is -2.21. The van der Waals surface area contributed by atoms with Crippen molar-refractivity contribution in [2.24, 2.45) is 0 Å². The minimum Gasteiger partial charge on any atom is -0.493 e. The van der Waals surface area contributed by atoms with E-state index in [-0.39, 0.29) is 5.91 Å². The Bertz CT molecular complexity index is 721. The van der Waals surface area contributed by atoms with Crippen molar-refractivity contribution in [3.8, 4) is 17.2 Å². The lowest BCUT2D eigenvalue weighted by atomic mass is 10.1. The number of aryl methyl sites for hydroxylation is 1. The van der Waals surface area contributed by atoms with Crippen LogP contribution in [0.4, 0.5) is 5.69 Å². The number of benzene rings is 2. The predicted octanol–water partition coefficient (Wildman–Crippen LogP) is 3.14. The molecule has 0 atom stereocenters. The highest BCUT2D eigenvalue weighted by Gasteiger charge is 2.14. The number of carbonyl (C=O) groups excluding carboxylic acids is 1. The number of carbonyl (C=O) groups is 1. The molecule has 6 nitrogen and oxygen atoms in total. The van der Waals surface area contributed by atoms with E-state index in [2.05, 4.69) is 35.8 Å². The third-order valence-electron chi connectivity index (χ3n) is 3.89. The Balaban J connectivity index is 1.87. The SMILES string of the molecule is COc1cc(NC(=O)CCNCc2cccc(C)c2)cc(OC)c1OC. The number of nitrogens with one attached hydrogen (secondary N) is 2. The van der Waals surface area contributed by atoms with Gasteiger partial charge < -0.3 is 24.8 Å². The fourth-order valence-corrected chi connectivity index (χ4v) is 2.63. The first-order valence-electron chi connectivity index (χ1n) is 8.43. The van der Waals surface area contributed by atoms with Crippen LogP contribution in [0.15, 0.2) is 36.4 Å². The Morgan fingerprint density at radius 1 is 1.00 bits per heavy atom. The standard InChI is InChI=1S/C20H26N2O4/c1-14-6-5-7-15(10-14)13-21-9-8-19(23)22-16-11-17(24-2)20(26-4)18(12-16)25-3/h5-7,10-12,21H,8-9,13H2,1-4H3,(H,22,23). The van der Waals surface area contributed by atoms with Crippen LogP contribution in [0.1, 0.15) is 17.5 Å². The molecule has 2 N–H and O–H groups in total. The monoisotopic (exact) mass is 358 g/mol. The van der Waals surface area contributed by atoms with Crippen LogP contribution in [0, 0.1) is 6.92 Å². The number of rotatable bonds is 9. The molecule has 0 aliphatic heterocycles. The van der Waals surface area contributed by atoms with Gasteiger partial charge in [0.15, 0.2) is 11.5 Å². The first-order valence-corrected chi connectivity index (χ1v) is 8.43. The van der Waals surface area contributed by atoms with E-state index in [9.17, 15) is 4.79 Å². The molecule has 26 heavy (non-hydrogen) atoms. The van der Waals surface area contributed by atoms with Crippen molar-refractivity contribution in [1.82, 2.24) is 5.32 Å². The van der Waals surface area contributed by atoms with Crippen LogP contribution >= 0.6 is 0 Å². The molecule has 0 saturated heterocycles. The van der Waals surface area contributed by atoms with Crippen molar-refractivity contribution in [2.75, 3.05) is 33.2 Å². The fraction of sp³-hybridized carbons (Fsp3) is 0.350. The lowest BCUT2D eigenvalue weighted by Gasteiger charge is -2.14. The van der Waals surface area contributed by atoms with Gasteiger partial charge in [0, 0.05) is 37.3 Å². The van der Waals surface area contributed by atoms with Crippen LogP contribution in [0.2, 0.25) is 0 Å². The molecule has 0 aromatic heterocycles. The quantitative estimate of drug-likeness (QED) is 0.674. The van der Waals surface area contributed by atoms with Crippen LogP contribution in [-0.2, 0) is 11.3 Å². The molecule has 0 fully saturated rings. The first kappa shape index (κ1) is 19.6. The van der Waals surface area contributed by atoms with Gasteiger partial charge in [-0.3, -0.25) is 4.79 Å². The summed E-state index contributed by atoms with van der Waals surface area (Å²) >= 11 is 0. The van der Waals surface area contributed by atoms with Gasteiger partial charge in [-0.05, 0) is 12.5 Å². The highest BCUT2D eigenvalue weighted by atomic mass is 16.5. The minimum atomic E-state index is -0.0870. The molecule has 0 unspecified atom stereocenters. The van der Waals surface area contributed by atoms with Gasteiger partial charge in [-0.25, -0.2) is 0 Å². The third-order valence-corrected chi connectivity index (χ3v) is 3.89. The number of methoxy groups -OCH3 is 3. The van der Waals surface area contributed by atoms with Gasteiger partial charge in [0.05, 0.1) is 21.3 Å². The number of ether oxygens (including phenoxy) is 3. The van der Waals surface area contributed by atoms with E-state index in [4.69, 9.17) is 14.2 Å². The van der Waals surface area contributed by atoms with E-state index in [0.29, 0.717) is 35.9 Å². The van der Waals surface area contributed by atoms with Crippen molar-refractivity contribution in [1.29, 1.82) is 0 Å². The number of amides is 1. The summed E-state index contributed by atoms with van der Waals surface area (Å²) in [6.45, 7) is 3.39. The second kappa shape index (κ2) is 9.68. The Kier molecular flexibility index (Phi) is 7.29. The second-order valence-corrected chi connectivity index (χ2v) is 5.88. The zero-order valence-electron chi connectivity index (χ0n) is 15.7. The second-order valence-electron chi connectivity index (χ2n) is 5.88. The van der Waals surface area contributed by atoms with Crippen molar-refractivity contribution in [2.45, 2.75) is 19.9 Å². The van der Waals surface area contributed by atoms with E-state index in [1.165, 1.54) is 25.3 Å². The molecule has 0 saturated carbocycles. The molecule has 0 aliphatic carbocycles. The van der Waals surface area contributed by atoms with Gasteiger partial charge in [0.1, 0.15) is 0 Å². The van der Waals surface area contributed by atoms with Crippen molar-refractivity contribution < 1.29 is 19.0 Å². The Morgan fingerprint density at radius 3 is 2.27 bits per heavy atom. The zero-order chi connectivity index (χ0) is 18.9. The van der Waals surface area contributed by atoms with E-state index >= 15 is 0 Å². The van der Waals surface area contributed by atoms with E-state index in [1.807, 2.05) is 6.07 Å². The molecule has 0 radical (unpaired) electrons. The summed E-state index contributed by atoms with van der Waals surface area (Å²) < 4.78 is 15.9. The summed E-state index contributed by atoms with van der Waals surface area (Å²) in [6.07, 6.45) is 0.364. The van der Waals surface area contributed by atoms with Gasteiger partial charge >= 0.3 is 0 Å². The molecule has 0 heterocycles. The normalized spacial score (nSPS) is 10.3. The van der Waals surface area contributed by atoms with E-state index in [0.717, 1.165) is 6.54 Å². The predicted molar refractivity (Wildman–Crippen MR) is 102 cm³/mol. The average molecular weight is 358 g/mol. The Labute approximate surface area is 154 Å². The molecule has 1 amide bonds. The lowest BCUT2D eigenvalue weighted by molar-refractivity contribution is -0.116. The summed E-state index contributed by atoms with van der Waals surface area (Å²) in [5.74, 6) is 1.41. The maximum atomic E-state index is 12.2. The minimum absolute atomic E-state index is 0.0870. The molecule has 0 aliphatic rings. The molecule has 2 rings (SSSR count). The molecule has 0 spiro atoms. The van der Waals surface area contributed by atoms with Gasteiger partial charge in [0.2, 0.25) is 11.7 Å². The van der Waals surface area contributed by atoms with Crippen molar-refractivity contribution in [3.63, 3.8) is 0 Å². The van der Waals surface area contributed by atoms with Gasteiger partial charge in [-0.15, -0.1) is 0 Å². The summed E-state index contributed by atoms with van der Waals surface area (Å²) in [6, 6.07) is 11.7. The topological polar surface area (TPSA) is 68.8 Å². The summed E-state index contributed by atoms with van der Waals surface area (Å²) in [7, 11) is 4.62. The third kappa shape index (κ3) is 5.39. The van der Waals surface area contributed by atoms with Crippen molar-refractivity contribution >= 4 is 11.6 Å². The first-order chi connectivity index (χ1) is 12.6. The van der Waals surface area contributed by atoms with Crippen LogP contribution in [0.3, 0.4) is 0 Å². The van der Waals surface area contributed by atoms with Gasteiger partial charge in [-0.2, -0.15) is 0 Å². The fourth-order valence-electron chi connectivity index (χ4n) is 2.63. The smallest absolute Gasteiger partial charge is 0.225 e. The Hall–Kier alpha value is -2.73. The van der Waals surface area contributed by atoms with E-state index < -0.39 is 0 Å². The maximum Gasteiger partial charge on any atom is 0.225 e. The largest absolute Gasteiger partial charge is 0.493 e. The highest BCUT2D eigenvalue weighted by molar-refractivity contribution is 5.91. The summed E-state index contributed by atoms with van der Waals surface area (Å²) in [4.78, 5) is 12.2. The van der Waals surface area contributed by atoms with Crippen LogP contribution in [0.5, 0.6) is 17.2 Å².